The number of hydrogen-bond acceptors (Lipinski definition) is 3. The summed E-state index contributed by atoms with van der Waals surface area (Å²) < 4.78 is 5.75. The van der Waals surface area contributed by atoms with Crippen molar-refractivity contribution in [3.8, 4) is 0 Å². The van der Waals surface area contributed by atoms with Crippen molar-refractivity contribution in [2.24, 2.45) is 50.7 Å². The van der Waals surface area contributed by atoms with E-state index in [-0.39, 0.29) is 33.0 Å². The monoisotopic (exact) mass is 480 g/mol. The van der Waals surface area contributed by atoms with E-state index >= 15 is 0 Å². The first-order valence-electron chi connectivity index (χ1n) is 14.3. The number of ketones is 1. The van der Waals surface area contributed by atoms with Gasteiger partial charge >= 0.3 is 5.97 Å². The van der Waals surface area contributed by atoms with Gasteiger partial charge in [-0.1, -0.05) is 58.4 Å². The van der Waals surface area contributed by atoms with Crippen molar-refractivity contribution < 1.29 is 14.3 Å². The highest BCUT2D eigenvalue weighted by molar-refractivity contribution is 5.85. The van der Waals surface area contributed by atoms with Gasteiger partial charge in [0.25, 0.3) is 0 Å². The summed E-state index contributed by atoms with van der Waals surface area (Å²) in [4.78, 5) is 24.8. The minimum absolute atomic E-state index is 0.0597. The van der Waals surface area contributed by atoms with Gasteiger partial charge in [0.05, 0.1) is 6.61 Å². The minimum Gasteiger partial charge on any atom is -0.465 e. The molecular weight excluding hydrogens is 432 g/mol. The fourth-order valence-corrected chi connectivity index (χ4v) is 10.8. The third-order valence-corrected chi connectivity index (χ3v) is 12.9. The fourth-order valence-electron chi connectivity index (χ4n) is 10.8. The molecule has 5 aliphatic carbocycles. The van der Waals surface area contributed by atoms with Crippen molar-refractivity contribution in [2.45, 2.75) is 106 Å². The van der Waals surface area contributed by atoms with Crippen LogP contribution in [0.1, 0.15) is 106 Å². The number of Topliss-reactive ketones (excluding diaryl/α,β-unsaturated/α-hetero) is 1. The molecule has 0 aromatic heterocycles. The summed E-state index contributed by atoms with van der Waals surface area (Å²) in [6.45, 7) is 20.9. The Hall–Kier alpha value is -1.38. The summed E-state index contributed by atoms with van der Waals surface area (Å²) in [6.07, 6.45) is 12.5. The highest BCUT2D eigenvalue weighted by Crippen LogP contribution is 2.76. The second-order valence-electron chi connectivity index (χ2n) is 14.6. The summed E-state index contributed by atoms with van der Waals surface area (Å²) in [5.41, 5.74) is 3.40. The van der Waals surface area contributed by atoms with Crippen molar-refractivity contribution >= 4 is 11.8 Å². The molecule has 0 spiro atoms. The van der Waals surface area contributed by atoms with Crippen molar-refractivity contribution in [1.29, 1.82) is 0 Å². The average Bonchev–Trinajstić information content (AvgIpc) is 3.16. The zero-order valence-corrected chi connectivity index (χ0v) is 23.4. The van der Waals surface area contributed by atoms with Crippen LogP contribution in [0.4, 0.5) is 0 Å². The lowest BCUT2D eigenvalue weighted by atomic mass is 9.34. The van der Waals surface area contributed by atoms with Gasteiger partial charge in [-0.25, -0.2) is 0 Å². The van der Waals surface area contributed by atoms with Gasteiger partial charge in [0.1, 0.15) is 5.78 Å². The molecule has 0 N–H and O–H groups in total. The summed E-state index contributed by atoms with van der Waals surface area (Å²) >= 11 is 0. The molecule has 0 saturated heterocycles. The molecule has 0 aliphatic heterocycles. The van der Waals surface area contributed by atoms with Gasteiger partial charge in [-0.2, -0.15) is 0 Å². The number of carbonyl (C=O) groups is 2. The molecule has 0 radical (unpaired) electrons. The Morgan fingerprint density at radius 3 is 2.37 bits per heavy atom. The van der Waals surface area contributed by atoms with Gasteiger partial charge in [0.15, 0.2) is 0 Å². The molecule has 8 atom stereocenters. The molecular formula is C32H48O3. The lowest BCUT2D eigenvalue weighted by Crippen LogP contribution is -2.63. The predicted octanol–water partition coefficient (Wildman–Crippen LogP) is 7.70. The van der Waals surface area contributed by atoms with Crippen LogP contribution in [0.5, 0.6) is 0 Å². The summed E-state index contributed by atoms with van der Waals surface area (Å²) in [5, 5.41) is 0. The van der Waals surface area contributed by atoms with Gasteiger partial charge < -0.3 is 4.74 Å². The van der Waals surface area contributed by atoms with Crippen molar-refractivity contribution in [2.75, 3.05) is 6.61 Å². The van der Waals surface area contributed by atoms with E-state index in [9.17, 15) is 9.59 Å². The number of rotatable bonds is 3. The Labute approximate surface area is 213 Å². The smallest absolute Gasteiger partial charge is 0.302 e. The van der Waals surface area contributed by atoms with E-state index < -0.39 is 0 Å². The van der Waals surface area contributed by atoms with E-state index in [0.29, 0.717) is 36.1 Å². The van der Waals surface area contributed by atoms with Crippen LogP contribution in [0.3, 0.4) is 0 Å². The first kappa shape index (κ1) is 25.3. The Morgan fingerprint density at radius 2 is 1.71 bits per heavy atom. The molecule has 194 valence electrons. The maximum absolute atomic E-state index is 13.0. The summed E-state index contributed by atoms with van der Waals surface area (Å²) in [6, 6.07) is 0. The zero-order chi connectivity index (χ0) is 25.6. The topological polar surface area (TPSA) is 43.4 Å². The van der Waals surface area contributed by atoms with E-state index in [2.05, 4.69) is 54.2 Å². The average molecular weight is 481 g/mol. The molecule has 0 aromatic carbocycles. The molecule has 3 nitrogen and oxygen atoms in total. The molecule has 0 amide bonds. The Balaban J connectivity index is 1.58. The minimum atomic E-state index is -0.207. The Bertz CT molecular complexity index is 989. The highest BCUT2D eigenvalue weighted by atomic mass is 16.5. The fraction of sp³-hybridized carbons (Fsp3) is 0.812. The van der Waals surface area contributed by atoms with Gasteiger partial charge in [-0.3, -0.25) is 9.59 Å². The first-order valence-corrected chi connectivity index (χ1v) is 14.3. The third-order valence-electron chi connectivity index (χ3n) is 12.9. The normalized spacial score (nSPS) is 48.1. The van der Waals surface area contributed by atoms with Crippen LogP contribution in [-0.4, -0.2) is 18.4 Å². The van der Waals surface area contributed by atoms with E-state index in [1.165, 1.54) is 18.4 Å². The van der Waals surface area contributed by atoms with Crippen LogP contribution in [0.25, 0.3) is 0 Å². The molecule has 5 rings (SSSR count). The van der Waals surface area contributed by atoms with Crippen LogP contribution >= 0.6 is 0 Å². The maximum Gasteiger partial charge on any atom is 0.302 e. The summed E-state index contributed by atoms with van der Waals surface area (Å²) in [5.74, 6) is 2.33. The number of esters is 1. The predicted molar refractivity (Wildman–Crippen MR) is 141 cm³/mol. The molecule has 0 bridgehead atoms. The van der Waals surface area contributed by atoms with Crippen LogP contribution in [0.15, 0.2) is 23.8 Å². The number of hydrogen-bond donors (Lipinski definition) is 0. The lowest BCUT2D eigenvalue weighted by Gasteiger charge is -2.70. The van der Waals surface area contributed by atoms with Crippen molar-refractivity contribution in [1.82, 2.24) is 0 Å². The number of carbonyl (C=O) groups excluding carboxylic acids is 2. The second-order valence-corrected chi connectivity index (χ2v) is 14.6. The lowest BCUT2D eigenvalue weighted by molar-refractivity contribution is -0.183. The van der Waals surface area contributed by atoms with Crippen LogP contribution in [0, 0.1) is 50.7 Å². The third kappa shape index (κ3) is 3.21. The van der Waals surface area contributed by atoms with Gasteiger partial charge in [0, 0.05) is 24.2 Å². The Morgan fingerprint density at radius 1 is 1.00 bits per heavy atom. The van der Waals surface area contributed by atoms with E-state index in [1.54, 1.807) is 12.5 Å². The van der Waals surface area contributed by atoms with E-state index in [0.717, 1.165) is 44.9 Å². The van der Waals surface area contributed by atoms with Crippen LogP contribution in [-0.2, 0) is 14.3 Å². The first-order chi connectivity index (χ1) is 16.2. The quantitative estimate of drug-likeness (QED) is 0.307. The molecule has 4 saturated carbocycles. The van der Waals surface area contributed by atoms with Crippen molar-refractivity contribution in [3.05, 3.63) is 23.8 Å². The van der Waals surface area contributed by atoms with Gasteiger partial charge in [-0.05, 0) is 98.2 Å². The number of fused-ring (bicyclic) bond motifs is 7. The molecule has 3 heteroatoms. The summed E-state index contributed by atoms with van der Waals surface area (Å²) in [7, 11) is 0. The highest BCUT2D eigenvalue weighted by Gasteiger charge is 2.69. The molecule has 3 unspecified atom stereocenters. The number of ether oxygens (including phenoxy) is 1. The van der Waals surface area contributed by atoms with Gasteiger partial charge in [0.2, 0.25) is 0 Å². The molecule has 5 aliphatic rings. The number of allylic oxidation sites excluding steroid dienone is 3. The SMILES string of the molecule is C=C(C)[C@@H]1CC[C@]2(COC(C)=O)CC[C@]3(C)C(=CCC4[C@@]5(C)CCC(=O)C(C)(C)C5CC[C@]43C)C12. The zero-order valence-electron chi connectivity index (χ0n) is 23.4. The van der Waals surface area contributed by atoms with Crippen LogP contribution in [0.2, 0.25) is 0 Å². The van der Waals surface area contributed by atoms with Crippen LogP contribution < -0.4 is 0 Å². The molecule has 35 heavy (non-hydrogen) atoms. The largest absolute Gasteiger partial charge is 0.465 e. The van der Waals surface area contributed by atoms with E-state index in [1.807, 2.05) is 0 Å². The van der Waals surface area contributed by atoms with Crippen molar-refractivity contribution in [3.63, 3.8) is 0 Å². The standard InChI is InChI=1S/C32H48O3/c1-20(2)22-11-16-32(19-35-21(3)33)18-17-30(7)23(27(22)32)9-10-25-29(6)14-13-26(34)28(4,5)24(29)12-15-31(25,30)8/h9,22,24-25,27H,1,10-19H2,2-8H3/t22-,24?,25?,27?,29-,30+,31+,32+/m0/s1. The Kier molecular flexibility index (Phi) is 5.64. The maximum atomic E-state index is 13.0. The second kappa shape index (κ2) is 7.81. The molecule has 4 fully saturated rings. The molecule has 0 heterocycles. The van der Waals surface area contributed by atoms with E-state index in [4.69, 9.17) is 4.74 Å². The van der Waals surface area contributed by atoms with Gasteiger partial charge in [-0.15, -0.1) is 0 Å². The molecule has 0 aromatic rings.